The van der Waals surface area contributed by atoms with Gasteiger partial charge < -0.3 is 9.84 Å². The number of nitrogens with zero attached hydrogens (tertiary/aromatic N) is 3. The van der Waals surface area contributed by atoms with Crippen LogP contribution in [0.15, 0.2) is 12.4 Å². The van der Waals surface area contributed by atoms with Crippen LogP contribution in [0.1, 0.15) is 6.92 Å². The summed E-state index contributed by atoms with van der Waals surface area (Å²) >= 11 is 0. The summed E-state index contributed by atoms with van der Waals surface area (Å²) in [6.45, 7) is 1.03. The number of nitro groups is 1. The van der Waals surface area contributed by atoms with Crippen LogP contribution in [0.3, 0.4) is 0 Å². The zero-order valence-corrected chi connectivity index (χ0v) is 8.78. The van der Waals surface area contributed by atoms with E-state index in [1.807, 2.05) is 0 Å². The highest BCUT2D eigenvalue weighted by atomic mass is 16.6. The summed E-state index contributed by atoms with van der Waals surface area (Å²) in [5.41, 5.74) is -1.98. The fourth-order valence-corrected chi connectivity index (χ4v) is 1.13. The average molecular weight is 229 g/mol. The molecule has 1 N–H and O–H groups in total. The number of methoxy groups -OCH3 is 1. The Balaban J connectivity index is 2.80. The zero-order chi connectivity index (χ0) is 12.3. The van der Waals surface area contributed by atoms with Gasteiger partial charge in [0.2, 0.25) is 0 Å². The third-order valence-corrected chi connectivity index (χ3v) is 1.93. The zero-order valence-electron chi connectivity index (χ0n) is 8.78. The molecule has 0 aromatic carbocycles. The summed E-state index contributed by atoms with van der Waals surface area (Å²) in [5, 5.41) is 23.7. The van der Waals surface area contributed by atoms with Crippen LogP contribution in [0, 0.1) is 10.1 Å². The summed E-state index contributed by atoms with van der Waals surface area (Å²) in [5.74, 6) is -0.828. The maximum Gasteiger partial charge on any atom is 0.339 e. The van der Waals surface area contributed by atoms with Gasteiger partial charge in [-0.1, -0.05) is 0 Å². The van der Waals surface area contributed by atoms with Crippen molar-refractivity contribution in [2.75, 3.05) is 7.11 Å². The fraction of sp³-hybridized carbons (Fsp3) is 0.500. The first kappa shape index (κ1) is 12.1. The van der Waals surface area contributed by atoms with Crippen molar-refractivity contribution in [3.63, 3.8) is 0 Å². The molecule has 1 aromatic rings. The molecule has 0 aliphatic rings. The number of rotatable bonds is 4. The van der Waals surface area contributed by atoms with Crippen LogP contribution in [0.2, 0.25) is 0 Å². The van der Waals surface area contributed by atoms with Crippen molar-refractivity contribution >= 4 is 11.7 Å². The summed E-state index contributed by atoms with van der Waals surface area (Å²) in [4.78, 5) is 20.9. The second kappa shape index (κ2) is 4.27. The Morgan fingerprint density at radius 3 is 2.88 bits per heavy atom. The molecule has 0 radical (unpaired) electrons. The van der Waals surface area contributed by atoms with Crippen molar-refractivity contribution in [2.45, 2.75) is 19.1 Å². The van der Waals surface area contributed by atoms with Gasteiger partial charge in [-0.15, -0.1) is 0 Å². The van der Waals surface area contributed by atoms with Crippen LogP contribution < -0.4 is 0 Å². The lowest BCUT2D eigenvalue weighted by atomic mass is 10.1. The SMILES string of the molecule is COC(=O)C(C)(O)Cn1cc([N+](=O)[O-])cn1. The number of carbonyl (C=O) groups is 1. The largest absolute Gasteiger partial charge is 0.467 e. The topological polar surface area (TPSA) is 107 Å². The molecule has 0 saturated carbocycles. The van der Waals surface area contributed by atoms with Crippen molar-refractivity contribution in [1.82, 2.24) is 9.78 Å². The van der Waals surface area contributed by atoms with Crippen LogP contribution in [0.4, 0.5) is 5.69 Å². The molecule has 0 spiro atoms. The van der Waals surface area contributed by atoms with E-state index in [0.29, 0.717) is 0 Å². The molecular weight excluding hydrogens is 218 g/mol. The van der Waals surface area contributed by atoms with Crippen molar-refractivity contribution in [1.29, 1.82) is 0 Å². The number of ether oxygens (including phenoxy) is 1. The van der Waals surface area contributed by atoms with Gasteiger partial charge in [0.05, 0.1) is 18.6 Å². The predicted molar refractivity (Wildman–Crippen MR) is 51.5 cm³/mol. The highest BCUT2D eigenvalue weighted by Crippen LogP contribution is 2.13. The molecule has 0 bridgehead atoms. The van der Waals surface area contributed by atoms with Gasteiger partial charge in [0, 0.05) is 0 Å². The van der Waals surface area contributed by atoms with Crippen LogP contribution in [-0.2, 0) is 16.1 Å². The Kier molecular flexibility index (Phi) is 3.23. The maximum absolute atomic E-state index is 11.1. The van der Waals surface area contributed by atoms with E-state index in [4.69, 9.17) is 0 Å². The van der Waals surface area contributed by atoms with Crippen LogP contribution >= 0.6 is 0 Å². The Morgan fingerprint density at radius 2 is 2.44 bits per heavy atom. The van der Waals surface area contributed by atoms with Gasteiger partial charge in [-0.25, -0.2) is 4.79 Å². The maximum atomic E-state index is 11.1. The molecule has 1 aromatic heterocycles. The van der Waals surface area contributed by atoms with E-state index in [1.165, 1.54) is 6.92 Å². The van der Waals surface area contributed by atoms with Gasteiger partial charge in [0.15, 0.2) is 5.60 Å². The standard InChI is InChI=1S/C8H11N3O5/c1-8(13,7(12)16-2)5-10-4-6(3-9-10)11(14)15/h3-4,13H,5H2,1-2H3. The third-order valence-electron chi connectivity index (χ3n) is 1.93. The molecule has 0 saturated heterocycles. The lowest BCUT2D eigenvalue weighted by molar-refractivity contribution is -0.385. The molecule has 1 heterocycles. The number of aliphatic hydroxyl groups is 1. The Hall–Kier alpha value is -1.96. The second-order valence-corrected chi connectivity index (χ2v) is 3.42. The molecule has 8 heteroatoms. The molecule has 1 atom stereocenters. The van der Waals surface area contributed by atoms with E-state index < -0.39 is 16.5 Å². The Morgan fingerprint density at radius 1 is 1.81 bits per heavy atom. The Labute approximate surface area is 90.6 Å². The minimum atomic E-state index is -1.77. The fourth-order valence-electron chi connectivity index (χ4n) is 1.13. The molecule has 88 valence electrons. The molecule has 0 aliphatic heterocycles. The molecule has 1 rings (SSSR count). The first-order valence-corrected chi connectivity index (χ1v) is 4.34. The van der Waals surface area contributed by atoms with E-state index in [1.54, 1.807) is 0 Å². The number of hydrogen-bond acceptors (Lipinski definition) is 6. The van der Waals surface area contributed by atoms with Crippen LogP contribution in [0.25, 0.3) is 0 Å². The van der Waals surface area contributed by atoms with Crippen molar-refractivity contribution in [3.05, 3.63) is 22.5 Å². The van der Waals surface area contributed by atoms with E-state index in [0.717, 1.165) is 24.2 Å². The van der Waals surface area contributed by atoms with E-state index >= 15 is 0 Å². The molecule has 1 unspecified atom stereocenters. The number of esters is 1. The Bertz CT molecular complexity index is 412. The molecule has 0 fully saturated rings. The lowest BCUT2D eigenvalue weighted by Gasteiger charge is -2.19. The van der Waals surface area contributed by atoms with Gasteiger partial charge in [-0.2, -0.15) is 5.10 Å². The first-order chi connectivity index (χ1) is 7.36. The lowest BCUT2D eigenvalue weighted by Crippen LogP contribution is -2.40. The minimum Gasteiger partial charge on any atom is -0.467 e. The van der Waals surface area contributed by atoms with E-state index in [9.17, 15) is 20.0 Å². The number of carbonyl (C=O) groups excluding carboxylic acids is 1. The highest BCUT2D eigenvalue weighted by molar-refractivity contribution is 5.78. The summed E-state index contributed by atoms with van der Waals surface area (Å²) in [6.07, 6.45) is 2.16. The van der Waals surface area contributed by atoms with Crippen molar-refractivity contribution < 1.29 is 19.6 Å². The van der Waals surface area contributed by atoms with Gasteiger partial charge >= 0.3 is 11.7 Å². The van der Waals surface area contributed by atoms with Gasteiger partial charge in [0.1, 0.15) is 12.4 Å². The van der Waals surface area contributed by atoms with Gasteiger partial charge in [0.25, 0.3) is 0 Å². The second-order valence-electron chi connectivity index (χ2n) is 3.42. The van der Waals surface area contributed by atoms with Crippen molar-refractivity contribution in [2.24, 2.45) is 0 Å². The summed E-state index contributed by atoms with van der Waals surface area (Å²) < 4.78 is 5.48. The number of hydrogen-bond donors (Lipinski definition) is 1. The van der Waals surface area contributed by atoms with Gasteiger partial charge in [-0.3, -0.25) is 14.8 Å². The monoisotopic (exact) mass is 229 g/mol. The average Bonchev–Trinajstić information content (AvgIpc) is 2.64. The van der Waals surface area contributed by atoms with Crippen LogP contribution in [-0.4, -0.2) is 38.5 Å². The quantitative estimate of drug-likeness (QED) is 0.432. The predicted octanol–water partition coefficient (Wildman–Crippen LogP) is -0.285. The van der Waals surface area contributed by atoms with Crippen LogP contribution in [0.5, 0.6) is 0 Å². The molecule has 16 heavy (non-hydrogen) atoms. The summed E-state index contributed by atoms with van der Waals surface area (Å²) in [7, 11) is 1.14. The molecular formula is C8H11N3O5. The third kappa shape index (κ3) is 2.54. The summed E-state index contributed by atoms with van der Waals surface area (Å²) in [6, 6.07) is 0. The smallest absolute Gasteiger partial charge is 0.339 e. The normalized spacial score (nSPS) is 14.2. The molecule has 0 amide bonds. The minimum absolute atomic E-state index is 0.208. The first-order valence-electron chi connectivity index (χ1n) is 4.34. The molecule has 8 nitrogen and oxygen atoms in total. The van der Waals surface area contributed by atoms with E-state index in [2.05, 4.69) is 9.84 Å². The van der Waals surface area contributed by atoms with Gasteiger partial charge in [-0.05, 0) is 6.92 Å². The van der Waals surface area contributed by atoms with Crippen molar-refractivity contribution in [3.8, 4) is 0 Å². The van der Waals surface area contributed by atoms with E-state index in [-0.39, 0.29) is 12.2 Å². The molecule has 0 aliphatic carbocycles. The highest BCUT2D eigenvalue weighted by Gasteiger charge is 2.32. The number of aromatic nitrogens is 2.